The minimum absolute atomic E-state index is 0.337. The molecule has 4 heteroatoms. The Morgan fingerprint density at radius 3 is 2.83 bits per heavy atom. The predicted molar refractivity (Wildman–Crippen MR) is 74.3 cm³/mol. The molecule has 2 atom stereocenters. The average molecular weight is 250 g/mol. The summed E-state index contributed by atoms with van der Waals surface area (Å²) >= 11 is 0. The van der Waals surface area contributed by atoms with Gasteiger partial charge in [0.15, 0.2) is 0 Å². The third-order valence-electron chi connectivity index (χ3n) is 4.35. The van der Waals surface area contributed by atoms with Gasteiger partial charge >= 0.3 is 0 Å². The van der Waals surface area contributed by atoms with E-state index in [2.05, 4.69) is 23.8 Å². The van der Waals surface area contributed by atoms with Crippen LogP contribution in [0.5, 0.6) is 0 Å². The molecule has 0 spiro atoms. The van der Waals surface area contributed by atoms with Gasteiger partial charge in [0.2, 0.25) is 0 Å². The van der Waals surface area contributed by atoms with Crippen molar-refractivity contribution in [1.82, 2.24) is 14.7 Å². The SMILES string of the molecule is Cc1c(C(CN)N2CCCC(C)CC2)cnn1C. The summed E-state index contributed by atoms with van der Waals surface area (Å²) in [5.74, 6) is 0.850. The van der Waals surface area contributed by atoms with Gasteiger partial charge in [-0.2, -0.15) is 5.10 Å². The quantitative estimate of drug-likeness (QED) is 0.890. The predicted octanol–water partition coefficient (Wildman–Crippen LogP) is 1.85. The number of rotatable bonds is 3. The molecule has 0 aromatic carbocycles. The number of likely N-dealkylation sites (tertiary alicyclic amines) is 1. The zero-order chi connectivity index (χ0) is 13.1. The van der Waals surface area contributed by atoms with Crippen LogP contribution in [0.1, 0.15) is 43.5 Å². The maximum Gasteiger partial charge on any atom is 0.0540 e. The van der Waals surface area contributed by atoms with Crippen molar-refractivity contribution in [2.75, 3.05) is 19.6 Å². The number of hydrogen-bond donors (Lipinski definition) is 1. The normalized spacial score (nSPS) is 23.9. The molecule has 0 saturated carbocycles. The summed E-state index contributed by atoms with van der Waals surface area (Å²) < 4.78 is 1.94. The zero-order valence-corrected chi connectivity index (χ0v) is 11.9. The Bertz CT molecular complexity index is 385. The monoisotopic (exact) mass is 250 g/mol. The highest BCUT2D eigenvalue weighted by atomic mass is 15.3. The molecule has 1 aliphatic heterocycles. The second kappa shape index (κ2) is 5.85. The summed E-state index contributed by atoms with van der Waals surface area (Å²) in [4.78, 5) is 2.55. The van der Waals surface area contributed by atoms with Gasteiger partial charge in [-0.05, 0) is 45.2 Å². The molecule has 2 N–H and O–H groups in total. The Hall–Kier alpha value is -0.870. The van der Waals surface area contributed by atoms with Crippen molar-refractivity contribution in [2.24, 2.45) is 18.7 Å². The second-order valence-corrected chi connectivity index (χ2v) is 5.63. The van der Waals surface area contributed by atoms with Gasteiger partial charge in [-0.1, -0.05) is 6.92 Å². The smallest absolute Gasteiger partial charge is 0.0540 e. The molecular formula is C14H26N4. The Labute approximate surface area is 110 Å². The van der Waals surface area contributed by atoms with Gasteiger partial charge in [0.1, 0.15) is 0 Å². The topological polar surface area (TPSA) is 47.1 Å². The zero-order valence-electron chi connectivity index (χ0n) is 11.9. The summed E-state index contributed by atoms with van der Waals surface area (Å²) in [7, 11) is 2.00. The molecular weight excluding hydrogens is 224 g/mol. The summed E-state index contributed by atoms with van der Waals surface area (Å²) in [6.45, 7) is 7.50. The van der Waals surface area contributed by atoms with Gasteiger partial charge in [-0.15, -0.1) is 0 Å². The highest BCUT2D eigenvalue weighted by Gasteiger charge is 2.24. The molecule has 1 fully saturated rings. The Morgan fingerprint density at radius 1 is 1.44 bits per heavy atom. The lowest BCUT2D eigenvalue weighted by atomic mass is 10.0. The summed E-state index contributed by atoms with van der Waals surface area (Å²) in [6, 6.07) is 0.337. The average Bonchev–Trinajstić information content (AvgIpc) is 2.56. The molecule has 1 saturated heterocycles. The van der Waals surface area contributed by atoms with Gasteiger partial charge in [0.05, 0.1) is 12.2 Å². The molecule has 102 valence electrons. The minimum Gasteiger partial charge on any atom is -0.329 e. The molecule has 0 aliphatic carbocycles. The van der Waals surface area contributed by atoms with Crippen molar-refractivity contribution < 1.29 is 0 Å². The molecule has 0 radical (unpaired) electrons. The first-order valence-electron chi connectivity index (χ1n) is 7.06. The summed E-state index contributed by atoms with van der Waals surface area (Å²) in [5, 5.41) is 4.35. The van der Waals surface area contributed by atoms with Crippen LogP contribution >= 0.6 is 0 Å². The van der Waals surface area contributed by atoms with Crippen LogP contribution in [0.3, 0.4) is 0 Å². The number of aryl methyl sites for hydroxylation is 1. The lowest BCUT2D eigenvalue weighted by Gasteiger charge is -2.29. The fourth-order valence-electron chi connectivity index (χ4n) is 2.91. The van der Waals surface area contributed by atoms with Crippen LogP contribution in [-0.4, -0.2) is 34.3 Å². The number of nitrogens with two attached hydrogens (primary N) is 1. The lowest BCUT2D eigenvalue weighted by Crippen LogP contribution is -2.35. The van der Waals surface area contributed by atoms with E-state index in [1.165, 1.54) is 37.1 Å². The number of nitrogens with zero attached hydrogens (tertiary/aromatic N) is 3. The van der Waals surface area contributed by atoms with Gasteiger partial charge in [-0.25, -0.2) is 0 Å². The molecule has 0 amide bonds. The number of hydrogen-bond acceptors (Lipinski definition) is 3. The number of aromatic nitrogens is 2. The highest BCUT2D eigenvalue weighted by molar-refractivity contribution is 5.21. The van der Waals surface area contributed by atoms with Crippen molar-refractivity contribution >= 4 is 0 Å². The molecule has 1 aromatic rings. The Balaban J connectivity index is 2.15. The first kappa shape index (κ1) is 13.6. The molecule has 1 aromatic heterocycles. The van der Waals surface area contributed by atoms with Gasteiger partial charge in [0, 0.05) is 24.8 Å². The van der Waals surface area contributed by atoms with Crippen LogP contribution in [0.4, 0.5) is 0 Å². The van der Waals surface area contributed by atoms with Gasteiger partial charge in [0.25, 0.3) is 0 Å². The molecule has 1 aliphatic rings. The van der Waals surface area contributed by atoms with E-state index in [0.717, 1.165) is 12.5 Å². The van der Waals surface area contributed by atoms with Crippen LogP contribution in [0.2, 0.25) is 0 Å². The van der Waals surface area contributed by atoms with Crippen LogP contribution in [-0.2, 0) is 7.05 Å². The molecule has 2 heterocycles. The molecule has 2 unspecified atom stereocenters. The first-order chi connectivity index (χ1) is 8.63. The molecule has 18 heavy (non-hydrogen) atoms. The fraction of sp³-hybridized carbons (Fsp3) is 0.786. The summed E-state index contributed by atoms with van der Waals surface area (Å²) in [5.41, 5.74) is 8.56. The fourth-order valence-corrected chi connectivity index (χ4v) is 2.91. The standard InChI is InChI=1S/C14H26N4/c1-11-5-4-7-18(8-6-11)14(9-15)13-10-16-17(3)12(13)2/h10-11,14H,4-9,15H2,1-3H3. The molecule has 0 bridgehead atoms. The van der Waals surface area contributed by atoms with E-state index in [0.29, 0.717) is 12.6 Å². The van der Waals surface area contributed by atoms with E-state index in [4.69, 9.17) is 5.73 Å². The Kier molecular flexibility index (Phi) is 4.40. The lowest BCUT2D eigenvalue weighted by molar-refractivity contribution is 0.207. The maximum absolute atomic E-state index is 6.02. The van der Waals surface area contributed by atoms with Crippen LogP contribution in [0, 0.1) is 12.8 Å². The van der Waals surface area contributed by atoms with Crippen molar-refractivity contribution in [3.63, 3.8) is 0 Å². The van der Waals surface area contributed by atoms with Crippen LogP contribution < -0.4 is 5.73 Å². The van der Waals surface area contributed by atoms with E-state index < -0.39 is 0 Å². The first-order valence-corrected chi connectivity index (χ1v) is 7.06. The maximum atomic E-state index is 6.02. The van der Waals surface area contributed by atoms with E-state index in [-0.39, 0.29) is 0 Å². The largest absolute Gasteiger partial charge is 0.329 e. The Morgan fingerprint density at radius 2 is 2.22 bits per heavy atom. The second-order valence-electron chi connectivity index (χ2n) is 5.63. The third-order valence-corrected chi connectivity index (χ3v) is 4.35. The van der Waals surface area contributed by atoms with E-state index >= 15 is 0 Å². The van der Waals surface area contributed by atoms with Crippen molar-refractivity contribution in [3.05, 3.63) is 17.5 Å². The van der Waals surface area contributed by atoms with Crippen LogP contribution in [0.15, 0.2) is 6.20 Å². The molecule has 2 rings (SSSR count). The molecule has 4 nitrogen and oxygen atoms in total. The van der Waals surface area contributed by atoms with Gasteiger partial charge < -0.3 is 5.73 Å². The van der Waals surface area contributed by atoms with E-state index in [1.54, 1.807) is 0 Å². The van der Waals surface area contributed by atoms with Crippen molar-refractivity contribution in [2.45, 2.75) is 39.2 Å². The minimum atomic E-state index is 0.337. The van der Waals surface area contributed by atoms with E-state index in [1.807, 2.05) is 17.9 Å². The van der Waals surface area contributed by atoms with Crippen molar-refractivity contribution in [3.8, 4) is 0 Å². The van der Waals surface area contributed by atoms with Crippen molar-refractivity contribution in [1.29, 1.82) is 0 Å². The van der Waals surface area contributed by atoms with E-state index in [9.17, 15) is 0 Å². The third kappa shape index (κ3) is 2.75. The summed E-state index contributed by atoms with van der Waals surface area (Å²) in [6.07, 6.45) is 5.91. The van der Waals surface area contributed by atoms with Gasteiger partial charge in [-0.3, -0.25) is 9.58 Å². The highest BCUT2D eigenvalue weighted by Crippen LogP contribution is 2.26. The van der Waals surface area contributed by atoms with Crippen LogP contribution in [0.25, 0.3) is 0 Å².